The van der Waals surface area contributed by atoms with Gasteiger partial charge in [-0.15, -0.1) is 0 Å². The minimum absolute atomic E-state index is 0.0368. The molecule has 0 aromatic heterocycles. The van der Waals surface area contributed by atoms with Crippen LogP contribution in [-0.2, 0) is 10.0 Å². The van der Waals surface area contributed by atoms with Gasteiger partial charge in [0.2, 0.25) is 10.0 Å². The number of nitrogens with one attached hydrogen (secondary N) is 3. The lowest BCUT2D eigenvalue weighted by Crippen LogP contribution is -2.28. The standard InChI is InChI=1S/C20H25N3O4S/c1-4-28(26,27)23-16-11-9-15(10-12-16)19(24)22-18-8-6-5-7-17(18)20(25)21-13-14(2)3/h5-12,14,23H,4,13H2,1-3H3,(H,21,25)(H,22,24). The van der Waals surface area contributed by atoms with Gasteiger partial charge in [-0.05, 0) is 49.2 Å². The molecule has 2 aromatic rings. The summed E-state index contributed by atoms with van der Waals surface area (Å²) in [7, 11) is -3.38. The molecule has 28 heavy (non-hydrogen) atoms. The summed E-state index contributed by atoms with van der Waals surface area (Å²) in [5.74, 6) is -0.373. The number of para-hydroxylation sites is 1. The van der Waals surface area contributed by atoms with Crippen LogP contribution in [0.15, 0.2) is 48.5 Å². The molecule has 150 valence electrons. The van der Waals surface area contributed by atoms with E-state index in [1.807, 2.05) is 13.8 Å². The second-order valence-electron chi connectivity index (χ2n) is 6.69. The molecule has 0 saturated heterocycles. The molecule has 0 aliphatic rings. The van der Waals surface area contributed by atoms with E-state index in [-0.39, 0.29) is 11.7 Å². The molecular weight excluding hydrogens is 378 g/mol. The van der Waals surface area contributed by atoms with E-state index >= 15 is 0 Å². The fourth-order valence-electron chi connectivity index (χ4n) is 2.32. The Morgan fingerprint density at radius 2 is 1.61 bits per heavy atom. The van der Waals surface area contributed by atoms with Crippen molar-refractivity contribution in [2.75, 3.05) is 22.3 Å². The van der Waals surface area contributed by atoms with E-state index in [1.54, 1.807) is 31.2 Å². The van der Waals surface area contributed by atoms with Crippen LogP contribution < -0.4 is 15.4 Å². The number of carbonyl (C=O) groups is 2. The Bertz CT molecular complexity index is 938. The van der Waals surface area contributed by atoms with Gasteiger partial charge in [-0.25, -0.2) is 8.42 Å². The molecule has 0 heterocycles. The maximum absolute atomic E-state index is 12.5. The van der Waals surface area contributed by atoms with Crippen molar-refractivity contribution in [3.05, 3.63) is 59.7 Å². The number of amides is 2. The lowest BCUT2D eigenvalue weighted by atomic mass is 10.1. The van der Waals surface area contributed by atoms with Crippen molar-refractivity contribution in [2.45, 2.75) is 20.8 Å². The topological polar surface area (TPSA) is 104 Å². The van der Waals surface area contributed by atoms with E-state index in [0.29, 0.717) is 35.0 Å². The molecular formula is C20H25N3O4S. The molecule has 2 rings (SSSR count). The Labute approximate surface area is 165 Å². The monoisotopic (exact) mass is 403 g/mol. The molecule has 0 atom stereocenters. The fourth-order valence-corrected chi connectivity index (χ4v) is 2.96. The summed E-state index contributed by atoms with van der Waals surface area (Å²) in [4.78, 5) is 24.9. The van der Waals surface area contributed by atoms with Crippen LogP contribution in [0.1, 0.15) is 41.5 Å². The van der Waals surface area contributed by atoms with Gasteiger partial charge in [0.05, 0.1) is 17.0 Å². The lowest BCUT2D eigenvalue weighted by Gasteiger charge is -2.13. The minimum atomic E-state index is -3.38. The zero-order chi connectivity index (χ0) is 20.7. The van der Waals surface area contributed by atoms with Gasteiger partial charge in [0.1, 0.15) is 0 Å². The number of carbonyl (C=O) groups excluding carboxylic acids is 2. The summed E-state index contributed by atoms with van der Waals surface area (Å²) in [6, 6.07) is 12.8. The van der Waals surface area contributed by atoms with E-state index in [1.165, 1.54) is 24.3 Å². The maximum atomic E-state index is 12.5. The second kappa shape index (κ2) is 9.36. The molecule has 0 fully saturated rings. The third-order valence-corrected chi connectivity index (χ3v) is 5.20. The first-order chi connectivity index (χ1) is 13.2. The van der Waals surface area contributed by atoms with Crippen LogP contribution >= 0.6 is 0 Å². The molecule has 0 saturated carbocycles. The number of hydrogen-bond donors (Lipinski definition) is 3. The zero-order valence-corrected chi connectivity index (χ0v) is 17.0. The Hall–Kier alpha value is -2.87. The van der Waals surface area contributed by atoms with Crippen LogP contribution in [0.4, 0.5) is 11.4 Å². The molecule has 2 aromatic carbocycles. The number of rotatable bonds is 8. The highest BCUT2D eigenvalue weighted by molar-refractivity contribution is 7.92. The largest absolute Gasteiger partial charge is 0.352 e. The molecule has 0 spiro atoms. The highest BCUT2D eigenvalue weighted by Gasteiger charge is 2.14. The fraction of sp³-hybridized carbons (Fsp3) is 0.300. The molecule has 0 unspecified atom stereocenters. The van der Waals surface area contributed by atoms with Crippen LogP contribution in [0.25, 0.3) is 0 Å². The minimum Gasteiger partial charge on any atom is -0.352 e. The highest BCUT2D eigenvalue weighted by Crippen LogP contribution is 2.18. The molecule has 0 aliphatic carbocycles. The Balaban J connectivity index is 2.12. The van der Waals surface area contributed by atoms with Crippen molar-refractivity contribution in [1.29, 1.82) is 0 Å². The normalized spacial score (nSPS) is 11.1. The average Bonchev–Trinajstić information content (AvgIpc) is 2.66. The smallest absolute Gasteiger partial charge is 0.255 e. The van der Waals surface area contributed by atoms with Gasteiger partial charge in [-0.1, -0.05) is 26.0 Å². The van der Waals surface area contributed by atoms with E-state index in [2.05, 4.69) is 15.4 Å². The van der Waals surface area contributed by atoms with Gasteiger partial charge in [0.15, 0.2) is 0 Å². The van der Waals surface area contributed by atoms with Gasteiger partial charge in [0.25, 0.3) is 11.8 Å². The Morgan fingerprint density at radius 1 is 0.964 bits per heavy atom. The summed E-state index contributed by atoms with van der Waals surface area (Å²) in [6.07, 6.45) is 0. The van der Waals surface area contributed by atoms with E-state index in [0.717, 1.165) is 0 Å². The predicted octanol–water partition coefficient (Wildman–Crippen LogP) is 3.09. The third kappa shape index (κ3) is 6.09. The number of sulfonamides is 1. The SMILES string of the molecule is CCS(=O)(=O)Nc1ccc(C(=O)Nc2ccccc2C(=O)NCC(C)C)cc1. The Kier molecular flexibility index (Phi) is 7.17. The molecule has 8 heteroatoms. The van der Waals surface area contributed by atoms with Crippen LogP contribution in [0.3, 0.4) is 0 Å². The first-order valence-corrected chi connectivity index (χ1v) is 10.7. The summed E-state index contributed by atoms with van der Waals surface area (Å²) >= 11 is 0. The number of anilines is 2. The van der Waals surface area contributed by atoms with Crippen LogP contribution in [-0.4, -0.2) is 32.5 Å². The predicted molar refractivity (Wildman–Crippen MR) is 111 cm³/mol. The number of hydrogen-bond acceptors (Lipinski definition) is 4. The van der Waals surface area contributed by atoms with Gasteiger partial charge < -0.3 is 10.6 Å². The van der Waals surface area contributed by atoms with E-state index < -0.39 is 15.9 Å². The second-order valence-corrected chi connectivity index (χ2v) is 8.70. The molecule has 7 nitrogen and oxygen atoms in total. The first kappa shape index (κ1) is 21.4. The first-order valence-electron chi connectivity index (χ1n) is 9.01. The van der Waals surface area contributed by atoms with E-state index in [9.17, 15) is 18.0 Å². The van der Waals surface area contributed by atoms with Crippen LogP contribution in [0, 0.1) is 5.92 Å². The average molecular weight is 404 g/mol. The van der Waals surface area contributed by atoms with Gasteiger partial charge in [0, 0.05) is 17.8 Å². The van der Waals surface area contributed by atoms with Crippen LogP contribution in [0.5, 0.6) is 0 Å². The summed E-state index contributed by atoms with van der Waals surface area (Å²) < 4.78 is 25.6. The Morgan fingerprint density at radius 3 is 2.21 bits per heavy atom. The van der Waals surface area contributed by atoms with Crippen LogP contribution in [0.2, 0.25) is 0 Å². The zero-order valence-electron chi connectivity index (χ0n) is 16.2. The lowest BCUT2D eigenvalue weighted by molar-refractivity contribution is 0.0950. The van der Waals surface area contributed by atoms with Crippen molar-refractivity contribution in [1.82, 2.24) is 5.32 Å². The van der Waals surface area contributed by atoms with E-state index in [4.69, 9.17) is 0 Å². The van der Waals surface area contributed by atoms with Crippen molar-refractivity contribution in [3.8, 4) is 0 Å². The molecule has 0 aliphatic heterocycles. The van der Waals surface area contributed by atoms with Crippen molar-refractivity contribution in [2.24, 2.45) is 5.92 Å². The molecule has 3 N–H and O–H groups in total. The maximum Gasteiger partial charge on any atom is 0.255 e. The van der Waals surface area contributed by atoms with Crippen molar-refractivity contribution in [3.63, 3.8) is 0 Å². The molecule has 0 bridgehead atoms. The summed E-state index contributed by atoms with van der Waals surface area (Å²) in [5, 5.41) is 5.57. The quantitative estimate of drug-likeness (QED) is 0.630. The molecule has 2 amide bonds. The summed E-state index contributed by atoms with van der Waals surface area (Å²) in [6.45, 7) is 6.08. The van der Waals surface area contributed by atoms with Gasteiger partial charge in [-0.3, -0.25) is 14.3 Å². The number of benzene rings is 2. The highest BCUT2D eigenvalue weighted by atomic mass is 32.2. The van der Waals surface area contributed by atoms with Gasteiger partial charge in [-0.2, -0.15) is 0 Å². The van der Waals surface area contributed by atoms with Crippen molar-refractivity contribution < 1.29 is 18.0 Å². The third-order valence-electron chi connectivity index (χ3n) is 3.89. The van der Waals surface area contributed by atoms with Crippen molar-refractivity contribution >= 4 is 33.2 Å². The summed E-state index contributed by atoms with van der Waals surface area (Å²) in [5.41, 5.74) is 1.51. The molecule has 0 radical (unpaired) electrons. The van der Waals surface area contributed by atoms with Gasteiger partial charge >= 0.3 is 0 Å².